The van der Waals surface area contributed by atoms with Crippen LogP contribution in [0.1, 0.15) is 75.4 Å². The number of likely N-dealkylation sites (tertiary alicyclic amines) is 2. The molecule has 0 saturated carbocycles. The van der Waals surface area contributed by atoms with Crippen molar-refractivity contribution < 1.29 is 4.79 Å². The van der Waals surface area contributed by atoms with Gasteiger partial charge >= 0.3 is 0 Å². The Labute approximate surface area is 188 Å². The van der Waals surface area contributed by atoms with Gasteiger partial charge in [0.25, 0.3) is 5.56 Å². The normalized spacial score (nSPS) is 21.4. The number of amides is 1. The van der Waals surface area contributed by atoms with E-state index in [-0.39, 0.29) is 22.8 Å². The monoisotopic (exact) mass is 442 g/mol. The van der Waals surface area contributed by atoms with Crippen LogP contribution in [0.4, 0.5) is 0 Å². The van der Waals surface area contributed by atoms with Gasteiger partial charge in [-0.25, -0.2) is 4.98 Å². The number of nitrogens with one attached hydrogen (secondary N) is 1. The summed E-state index contributed by atoms with van der Waals surface area (Å²) in [6.45, 7) is 10.4. The second-order valence-corrected chi connectivity index (χ2v) is 10.9. The van der Waals surface area contributed by atoms with E-state index in [9.17, 15) is 9.59 Å². The highest BCUT2D eigenvalue weighted by molar-refractivity contribution is 7.07. The molecule has 0 spiro atoms. The van der Waals surface area contributed by atoms with Crippen molar-refractivity contribution in [3.8, 4) is 0 Å². The molecule has 0 aromatic carbocycles. The Balaban J connectivity index is 1.43. The molecule has 2 fully saturated rings. The van der Waals surface area contributed by atoms with Crippen LogP contribution in [0, 0.1) is 5.41 Å². The van der Waals surface area contributed by atoms with Gasteiger partial charge in [-0.3, -0.25) is 14.5 Å². The topological polar surface area (TPSA) is 69.3 Å². The van der Waals surface area contributed by atoms with Crippen LogP contribution in [0.15, 0.2) is 27.7 Å². The summed E-state index contributed by atoms with van der Waals surface area (Å²) in [6, 6.07) is 3.84. The van der Waals surface area contributed by atoms with Crippen LogP contribution in [0.25, 0.3) is 0 Å². The minimum absolute atomic E-state index is 0.0695. The number of carbonyl (C=O) groups is 1. The van der Waals surface area contributed by atoms with Gasteiger partial charge in [-0.05, 0) is 61.2 Å². The van der Waals surface area contributed by atoms with Crippen LogP contribution < -0.4 is 5.56 Å². The third-order valence-electron chi connectivity index (χ3n) is 6.51. The van der Waals surface area contributed by atoms with Crippen molar-refractivity contribution >= 4 is 17.2 Å². The molecule has 6 nitrogen and oxygen atoms in total. The molecule has 4 heterocycles. The first-order chi connectivity index (χ1) is 14.8. The second-order valence-electron chi connectivity index (χ2n) is 10.1. The highest BCUT2D eigenvalue weighted by atomic mass is 32.1. The molecule has 7 heteroatoms. The minimum Gasteiger partial charge on any atom is -0.342 e. The lowest BCUT2D eigenvalue weighted by molar-refractivity contribution is -0.140. The molecule has 1 atom stereocenters. The first kappa shape index (κ1) is 22.2. The van der Waals surface area contributed by atoms with E-state index < -0.39 is 0 Å². The van der Waals surface area contributed by atoms with Crippen molar-refractivity contribution in [2.24, 2.45) is 5.41 Å². The van der Waals surface area contributed by atoms with Crippen LogP contribution in [0.5, 0.6) is 0 Å². The van der Waals surface area contributed by atoms with Gasteiger partial charge in [0.2, 0.25) is 5.91 Å². The zero-order valence-electron chi connectivity index (χ0n) is 18.9. The average molecular weight is 443 g/mol. The largest absolute Gasteiger partial charge is 0.342 e. The number of aromatic nitrogens is 2. The van der Waals surface area contributed by atoms with E-state index >= 15 is 0 Å². The molecule has 2 aromatic rings. The Bertz CT molecular complexity index is 939. The average Bonchev–Trinajstić information content (AvgIpc) is 3.26. The third-order valence-corrected chi connectivity index (χ3v) is 7.24. The quantitative estimate of drug-likeness (QED) is 0.778. The Kier molecular flexibility index (Phi) is 6.63. The lowest BCUT2D eigenvalue weighted by Gasteiger charge is -2.36. The molecule has 4 rings (SSSR count). The highest BCUT2D eigenvalue weighted by Gasteiger charge is 2.32. The zero-order chi connectivity index (χ0) is 22.0. The summed E-state index contributed by atoms with van der Waals surface area (Å²) in [5.74, 6) is 1.44. The number of hydrogen-bond donors (Lipinski definition) is 1. The molecule has 2 aliphatic rings. The van der Waals surface area contributed by atoms with Crippen LogP contribution in [-0.4, -0.2) is 51.9 Å². The fraction of sp³-hybridized carbons (Fsp3) is 0.625. The van der Waals surface area contributed by atoms with Crippen LogP contribution in [0.2, 0.25) is 0 Å². The van der Waals surface area contributed by atoms with Crippen molar-refractivity contribution in [3.05, 3.63) is 50.3 Å². The number of piperidine rings is 2. The molecule has 1 amide bonds. The Morgan fingerprint density at radius 2 is 1.97 bits per heavy atom. The first-order valence-corrected chi connectivity index (χ1v) is 12.4. The summed E-state index contributed by atoms with van der Waals surface area (Å²) in [7, 11) is 0. The van der Waals surface area contributed by atoms with E-state index in [0.717, 1.165) is 63.4 Å². The number of thiophene rings is 1. The van der Waals surface area contributed by atoms with Gasteiger partial charge in [0.05, 0.1) is 5.69 Å². The van der Waals surface area contributed by atoms with E-state index in [1.54, 1.807) is 17.4 Å². The predicted molar refractivity (Wildman–Crippen MR) is 124 cm³/mol. The second kappa shape index (κ2) is 9.25. The van der Waals surface area contributed by atoms with Gasteiger partial charge in [0.1, 0.15) is 5.82 Å². The first-order valence-electron chi connectivity index (χ1n) is 11.4. The number of hydrogen-bond acceptors (Lipinski definition) is 5. The summed E-state index contributed by atoms with van der Waals surface area (Å²) >= 11 is 1.74. The van der Waals surface area contributed by atoms with Gasteiger partial charge in [-0.15, -0.1) is 0 Å². The van der Waals surface area contributed by atoms with Gasteiger partial charge in [0.15, 0.2) is 0 Å². The standard InChI is InChI=1S/C24H34N4O2S/c1-24(2,3)23(30)28-9-4-5-19(15-28)20-13-21(29)26-22(25-20)18-6-10-27(11-7-18)14-17-8-12-31-16-17/h8,12-13,16,18-19H,4-7,9-11,14-15H2,1-3H3,(H,25,26,29)/t19-/m0/s1. The molecule has 2 aliphatic heterocycles. The van der Waals surface area contributed by atoms with Crippen molar-refractivity contribution in [3.63, 3.8) is 0 Å². The fourth-order valence-electron chi connectivity index (χ4n) is 4.78. The van der Waals surface area contributed by atoms with Gasteiger partial charge in [0, 0.05) is 43.0 Å². The van der Waals surface area contributed by atoms with E-state index in [4.69, 9.17) is 4.98 Å². The summed E-state index contributed by atoms with van der Waals surface area (Å²) < 4.78 is 0. The number of rotatable bonds is 4. The third kappa shape index (κ3) is 5.44. The van der Waals surface area contributed by atoms with Gasteiger partial charge in [-0.1, -0.05) is 20.8 Å². The van der Waals surface area contributed by atoms with Gasteiger partial charge < -0.3 is 9.88 Å². The Morgan fingerprint density at radius 1 is 1.19 bits per heavy atom. The maximum Gasteiger partial charge on any atom is 0.251 e. The Morgan fingerprint density at radius 3 is 2.65 bits per heavy atom. The van der Waals surface area contributed by atoms with Crippen molar-refractivity contribution in [1.82, 2.24) is 19.8 Å². The number of aromatic amines is 1. The number of nitrogens with zero attached hydrogens (tertiary/aromatic N) is 3. The molecule has 168 valence electrons. The SMILES string of the molecule is CC(C)(C)C(=O)N1CCC[C@H](c2cc(=O)[nH]c(C3CCN(Cc4ccsc4)CC3)n2)C1. The molecular weight excluding hydrogens is 408 g/mol. The maximum absolute atomic E-state index is 12.8. The van der Waals surface area contributed by atoms with Crippen molar-refractivity contribution in [2.45, 2.75) is 64.8 Å². The number of carbonyl (C=O) groups excluding carboxylic acids is 1. The molecule has 2 saturated heterocycles. The van der Waals surface area contributed by atoms with Crippen LogP contribution >= 0.6 is 11.3 Å². The highest BCUT2D eigenvalue weighted by Crippen LogP contribution is 2.30. The molecule has 1 N–H and O–H groups in total. The van der Waals surface area contributed by atoms with E-state index in [0.29, 0.717) is 12.5 Å². The van der Waals surface area contributed by atoms with E-state index in [2.05, 4.69) is 26.7 Å². The predicted octanol–water partition coefficient (Wildman–Crippen LogP) is 3.96. The molecule has 31 heavy (non-hydrogen) atoms. The lowest BCUT2D eigenvalue weighted by Crippen LogP contribution is -2.45. The van der Waals surface area contributed by atoms with Gasteiger partial charge in [-0.2, -0.15) is 11.3 Å². The summed E-state index contributed by atoms with van der Waals surface area (Å²) in [6.07, 6.45) is 3.95. The van der Waals surface area contributed by atoms with E-state index in [1.165, 1.54) is 5.56 Å². The minimum atomic E-state index is -0.383. The number of H-pyrrole nitrogens is 1. The summed E-state index contributed by atoms with van der Waals surface area (Å²) in [5.41, 5.74) is 1.78. The lowest BCUT2D eigenvalue weighted by atomic mass is 9.89. The summed E-state index contributed by atoms with van der Waals surface area (Å²) in [4.78, 5) is 37.6. The molecule has 0 radical (unpaired) electrons. The Hall–Kier alpha value is -1.99. The van der Waals surface area contributed by atoms with Crippen molar-refractivity contribution in [1.29, 1.82) is 0 Å². The van der Waals surface area contributed by atoms with Crippen LogP contribution in [0.3, 0.4) is 0 Å². The zero-order valence-corrected chi connectivity index (χ0v) is 19.7. The van der Waals surface area contributed by atoms with E-state index in [1.807, 2.05) is 25.7 Å². The molecule has 0 aliphatic carbocycles. The molecule has 2 aromatic heterocycles. The smallest absolute Gasteiger partial charge is 0.251 e. The summed E-state index contributed by atoms with van der Waals surface area (Å²) in [5, 5.41) is 4.34. The molecular formula is C24H34N4O2S. The molecule has 0 unspecified atom stereocenters. The van der Waals surface area contributed by atoms with Crippen LogP contribution in [-0.2, 0) is 11.3 Å². The van der Waals surface area contributed by atoms with Crippen molar-refractivity contribution in [2.75, 3.05) is 26.2 Å². The maximum atomic E-state index is 12.8. The molecule has 0 bridgehead atoms. The fourth-order valence-corrected chi connectivity index (χ4v) is 5.44.